The predicted octanol–water partition coefficient (Wildman–Crippen LogP) is 2.95. The van der Waals surface area contributed by atoms with E-state index in [0.717, 1.165) is 30.6 Å². The van der Waals surface area contributed by atoms with Gasteiger partial charge in [-0.15, -0.1) is 0 Å². The summed E-state index contributed by atoms with van der Waals surface area (Å²) in [6.07, 6.45) is 4.58. The highest BCUT2D eigenvalue weighted by molar-refractivity contribution is 7.89. The molecular formula is C25H36N4O6S. The van der Waals surface area contributed by atoms with Crippen molar-refractivity contribution >= 4 is 33.6 Å². The summed E-state index contributed by atoms with van der Waals surface area (Å²) in [4.78, 5) is 39.8. The lowest BCUT2D eigenvalue weighted by Gasteiger charge is -2.43. The molecule has 0 bridgehead atoms. The van der Waals surface area contributed by atoms with Gasteiger partial charge >= 0.3 is 6.03 Å². The molecule has 198 valence electrons. The molecule has 0 aromatic heterocycles. The van der Waals surface area contributed by atoms with Crippen molar-refractivity contribution in [2.75, 3.05) is 32.1 Å². The lowest BCUT2D eigenvalue weighted by molar-refractivity contribution is -0.136. The number of imide groups is 1. The van der Waals surface area contributed by atoms with Crippen molar-refractivity contribution in [2.24, 2.45) is 11.3 Å². The van der Waals surface area contributed by atoms with Crippen LogP contribution in [0.15, 0.2) is 23.1 Å². The maximum atomic E-state index is 13.3. The highest BCUT2D eigenvalue weighted by atomic mass is 32.2. The molecule has 11 heteroatoms. The van der Waals surface area contributed by atoms with Crippen molar-refractivity contribution in [2.45, 2.75) is 69.7 Å². The molecule has 36 heavy (non-hydrogen) atoms. The third-order valence-electron chi connectivity index (χ3n) is 7.31. The molecule has 3 fully saturated rings. The molecule has 2 saturated heterocycles. The minimum absolute atomic E-state index is 0.0305. The zero-order chi connectivity index (χ0) is 26.3. The second-order valence-electron chi connectivity index (χ2n) is 11.1. The first kappa shape index (κ1) is 26.4. The minimum Gasteiger partial charge on any atom is -0.495 e. The van der Waals surface area contributed by atoms with Crippen LogP contribution in [0.4, 0.5) is 10.5 Å². The second kappa shape index (κ2) is 9.66. The fraction of sp³-hybridized carbons (Fsp3) is 0.640. The van der Waals surface area contributed by atoms with Gasteiger partial charge in [-0.25, -0.2) is 13.2 Å². The summed E-state index contributed by atoms with van der Waals surface area (Å²) in [5.41, 5.74) is -0.863. The smallest absolute Gasteiger partial charge is 0.325 e. The predicted molar refractivity (Wildman–Crippen MR) is 134 cm³/mol. The fourth-order valence-electron chi connectivity index (χ4n) is 6.19. The number of anilines is 1. The molecule has 1 aromatic rings. The number of sulfonamides is 1. The monoisotopic (exact) mass is 520 g/mol. The summed E-state index contributed by atoms with van der Waals surface area (Å²) < 4.78 is 33.2. The number of carbonyl (C=O) groups excluding carboxylic acids is 3. The van der Waals surface area contributed by atoms with Crippen LogP contribution in [0, 0.1) is 11.3 Å². The van der Waals surface area contributed by atoms with Crippen LogP contribution in [0.25, 0.3) is 0 Å². The lowest BCUT2D eigenvalue weighted by atomic mass is 9.64. The van der Waals surface area contributed by atoms with Crippen molar-refractivity contribution < 1.29 is 27.5 Å². The van der Waals surface area contributed by atoms with Gasteiger partial charge in [0.05, 0.1) is 7.11 Å². The number of carbonyl (C=O) groups is 3. The van der Waals surface area contributed by atoms with E-state index in [2.05, 4.69) is 31.4 Å². The lowest BCUT2D eigenvalue weighted by Crippen LogP contribution is -2.54. The summed E-state index contributed by atoms with van der Waals surface area (Å²) in [6.45, 7) is 6.64. The Hall–Kier alpha value is -2.66. The summed E-state index contributed by atoms with van der Waals surface area (Å²) in [7, 11) is -2.42. The van der Waals surface area contributed by atoms with E-state index in [1.54, 1.807) is 0 Å². The number of rotatable bonds is 6. The van der Waals surface area contributed by atoms with Gasteiger partial charge < -0.3 is 15.4 Å². The van der Waals surface area contributed by atoms with Crippen molar-refractivity contribution in [1.82, 2.24) is 14.5 Å². The average Bonchev–Trinajstić information content (AvgIpc) is 3.01. The zero-order valence-electron chi connectivity index (χ0n) is 21.4. The van der Waals surface area contributed by atoms with Crippen molar-refractivity contribution in [1.29, 1.82) is 0 Å². The van der Waals surface area contributed by atoms with E-state index in [-0.39, 0.29) is 33.6 Å². The standard InChI is InChI=1S/C25H36N4O6S/c1-17-13-24(2,3)16-25(14-17)22(31)29(23(32)27-25)15-21(30)26-18-8-9-19(35-4)20(12-18)36(33,34)28-10-6-5-7-11-28/h8-9,12,17H,5-7,10-11,13-16H2,1-4H3,(H,26,30)(H,27,32)/t17-,25+/m1/s1. The molecule has 4 rings (SSSR count). The molecule has 1 saturated carbocycles. The number of hydrogen-bond donors (Lipinski definition) is 2. The Kier molecular flexibility index (Phi) is 7.09. The molecule has 1 aliphatic carbocycles. The minimum atomic E-state index is -3.81. The van der Waals surface area contributed by atoms with Crippen molar-refractivity contribution in [3.8, 4) is 5.75 Å². The molecule has 2 aliphatic heterocycles. The highest BCUT2D eigenvalue weighted by Crippen LogP contribution is 2.46. The van der Waals surface area contributed by atoms with Crippen LogP contribution in [0.1, 0.15) is 59.3 Å². The Bertz CT molecular complexity index is 1160. The second-order valence-corrected chi connectivity index (χ2v) is 13.0. The summed E-state index contributed by atoms with van der Waals surface area (Å²) in [5, 5.41) is 5.50. The first-order valence-corrected chi connectivity index (χ1v) is 13.9. The summed E-state index contributed by atoms with van der Waals surface area (Å²) in [5.74, 6) is -0.537. The van der Waals surface area contributed by atoms with E-state index < -0.39 is 34.0 Å². The van der Waals surface area contributed by atoms with Crippen LogP contribution in [0.3, 0.4) is 0 Å². The van der Waals surface area contributed by atoms with E-state index in [9.17, 15) is 22.8 Å². The first-order chi connectivity index (χ1) is 16.9. The molecule has 1 spiro atoms. The Morgan fingerprint density at radius 1 is 1.17 bits per heavy atom. The Balaban J connectivity index is 1.50. The number of nitrogens with one attached hydrogen (secondary N) is 2. The number of methoxy groups -OCH3 is 1. The van der Waals surface area contributed by atoms with E-state index in [4.69, 9.17) is 4.74 Å². The Labute approximate surface area is 212 Å². The van der Waals surface area contributed by atoms with E-state index >= 15 is 0 Å². The molecule has 10 nitrogen and oxygen atoms in total. The summed E-state index contributed by atoms with van der Waals surface area (Å²) in [6, 6.07) is 3.80. The number of ether oxygens (including phenoxy) is 1. The highest BCUT2D eigenvalue weighted by Gasteiger charge is 2.56. The number of amides is 4. The molecule has 0 radical (unpaired) electrons. The first-order valence-electron chi connectivity index (χ1n) is 12.5. The maximum absolute atomic E-state index is 13.3. The maximum Gasteiger partial charge on any atom is 0.325 e. The van der Waals surface area contributed by atoms with Crippen LogP contribution in [0.5, 0.6) is 5.75 Å². The summed E-state index contributed by atoms with van der Waals surface area (Å²) >= 11 is 0. The molecule has 2 heterocycles. The van der Waals surface area contributed by atoms with E-state index in [1.807, 2.05) is 0 Å². The van der Waals surface area contributed by atoms with Gasteiger partial charge in [0, 0.05) is 18.8 Å². The molecule has 4 amide bonds. The van der Waals surface area contributed by atoms with E-state index in [0.29, 0.717) is 25.9 Å². The molecule has 2 atom stereocenters. The van der Waals surface area contributed by atoms with Gasteiger partial charge in [-0.3, -0.25) is 14.5 Å². The number of benzene rings is 1. The van der Waals surface area contributed by atoms with Gasteiger partial charge in [0.25, 0.3) is 5.91 Å². The molecular weight excluding hydrogens is 484 g/mol. The van der Waals surface area contributed by atoms with Crippen LogP contribution in [-0.4, -0.2) is 67.8 Å². The molecule has 0 unspecified atom stereocenters. The van der Waals surface area contributed by atoms with Gasteiger partial charge in [0.2, 0.25) is 15.9 Å². The van der Waals surface area contributed by atoms with Gasteiger partial charge in [-0.1, -0.05) is 27.2 Å². The third kappa shape index (κ3) is 5.08. The number of hydrogen-bond acceptors (Lipinski definition) is 6. The van der Waals surface area contributed by atoms with Crippen molar-refractivity contribution in [3.05, 3.63) is 18.2 Å². The zero-order valence-corrected chi connectivity index (χ0v) is 22.2. The largest absolute Gasteiger partial charge is 0.495 e. The van der Waals surface area contributed by atoms with Crippen LogP contribution < -0.4 is 15.4 Å². The fourth-order valence-corrected chi connectivity index (χ4v) is 7.89. The number of piperidine rings is 1. The van der Waals surface area contributed by atoms with Gasteiger partial charge in [-0.05, 0) is 61.6 Å². The van der Waals surface area contributed by atoms with Crippen LogP contribution in [-0.2, 0) is 19.6 Å². The van der Waals surface area contributed by atoms with Crippen LogP contribution >= 0.6 is 0 Å². The normalized spacial score (nSPS) is 26.7. The number of nitrogens with zero attached hydrogens (tertiary/aromatic N) is 2. The Morgan fingerprint density at radius 2 is 1.86 bits per heavy atom. The number of urea groups is 1. The molecule has 3 aliphatic rings. The van der Waals surface area contributed by atoms with E-state index in [1.165, 1.54) is 29.6 Å². The van der Waals surface area contributed by atoms with Gasteiger partial charge in [-0.2, -0.15) is 4.31 Å². The topological polar surface area (TPSA) is 125 Å². The average molecular weight is 521 g/mol. The van der Waals surface area contributed by atoms with Gasteiger partial charge in [0.1, 0.15) is 22.7 Å². The quantitative estimate of drug-likeness (QED) is 0.556. The van der Waals surface area contributed by atoms with Gasteiger partial charge in [0.15, 0.2) is 0 Å². The SMILES string of the molecule is COc1ccc(NC(=O)CN2C(=O)N[C@]3(C[C@H](C)CC(C)(C)C3)C2=O)cc1S(=O)(=O)N1CCCCC1. The molecule has 1 aromatic carbocycles. The molecule has 2 N–H and O–H groups in total. The van der Waals surface area contributed by atoms with Crippen LogP contribution in [0.2, 0.25) is 0 Å². The van der Waals surface area contributed by atoms with Crippen molar-refractivity contribution in [3.63, 3.8) is 0 Å². The Morgan fingerprint density at radius 3 is 2.50 bits per heavy atom. The third-order valence-corrected chi connectivity index (χ3v) is 9.23.